The molecule has 1 heterocycles. The Morgan fingerprint density at radius 3 is 2.55 bits per heavy atom. The first-order valence-corrected chi connectivity index (χ1v) is 9.37. The summed E-state index contributed by atoms with van der Waals surface area (Å²) < 4.78 is 55.1. The van der Waals surface area contributed by atoms with Gasteiger partial charge >= 0.3 is 12.1 Å². The molecule has 0 aliphatic carbocycles. The fourth-order valence-electron chi connectivity index (χ4n) is 3.23. The molecule has 0 bridgehead atoms. The zero-order chi connectivity index (χ0) is 21.4. The highest BCUT2D eigenvalue weighted by molar-refractivity contribution is 5.86. The van der Waals surface area contributed by atoms with Gasteiger partial charge in [-0.3, -0.25) is 0 Å². The first-order valence-electron chi connectivity index (χ1n) is 9.37. The fraction of sp³-hybridized carbons (Fsp3) is 0.476. The van der Waals surface area contributed by atoms with Gasteiger partial charge in [0.2, 0.25) is 12.0 Å². The van der Waals surface area contributed by atoms with Crippen molar-refractivity contribution in [1.82, 2.24) is 0 Å². The molecule has 0 aromatic heterocycles. The summed E-state index contributed by atoms with van der Waals surface area (Å²) in [7, 11) is 0. The summed E-state index contributed by atoms with van der Waals surface area (Å²) in [6.07, 6.45) is -1.31. The van der Waals surface area contributed by atoms with Gasteiger partial charge in [-0.1, -0.05) is 24.8 Å². The van der Waals surface area contributed by atoms with Crippen molar-refractivity contribution in [3.8, 4) is 0 Å². The van der Waals surface area contributed by atoms with E-state index in [1.54, 1.807) is 13.0 Å². The number of allylic oxidation sites excluding steroid dienone is 1. The molecule has 0 saturated carbocycles. The number of ether oxygens (including phenoxy) is 3. The van der Waals surface area contributed by atoms with Crippen LogP contribution in [0.2, 0.25) is 0 Å². The number of aliphatic hydroxyl groups excluding tert-OH is 1. The maximum atomic E-state index is 12.9. The minimum atomic E-state index is -4.44. The predicted molar refractivity (Wildman–Crippen MR) is 99.7 cm³/mol. The maximum absolute atomic E-state index is 12.9. The first-order chi connectivity index (χ1) is 13.8. The van der Waals surface area contributed by atoms with Gasteiger partial charge in [-0.15, -0.1) is 0 Å². The number of aliphatic hydroxyl groups is 1. The fourth-order valence-corrected chi connectivity index (χ4v) is 3.23. The molecule has 3 atom stereocenters. The second kappa shape index (κ2) is 10.5. The molecular weight excluding hydrogens is 389 g/mol. The highest BCUT2D eigenvalue weighted by Crippen LogP contribution is 2.40. The Morgan fingerprint density at radius 1 is 1.31 bits per heavy atom. The molecule has 1 aliphatic rings. The second-order valence-corrected chi connectivity index (χ2v) is 6.53. The van der Waals surface area contributed by atoms with Gasteiger partial charge in [0.05, 0.1) is 5.56 Å². The minimum absolute atomic E-state index is 0.00226. The van der Waals surface area contributed by atoms with Crippen LogP contribution in [0.5, 0.6) is 0 Å². The molecule has 160 valence electrons. The van der Waals surface area contributed by atoms with Crippen LogP contribution in [0, 0.1) is 5.92 Å². The summed E-state index contributed by atoms with van der Waals surface area (Å²) in [6, 6.07) is 4.79. The molecule has 0 amide bonds. The summed E-state index contributed by atoms with van der Waals surface area (Å²) in [4.78, 5) is 12.3. The van der Waals surface area contributed by atoms with E-state index >= 15 is 0 Å². The van der Waals surface area contributed by atoms with E-state index in [-0.39, 0.29) is 24.9 Å². The van der Waals surface area contributed by atoms with Crippen molar-refractivity contribution in [3.63, 3.8) is 0 Å². The quantitative estimate of drug-likeness (QED) is 0.485. The molecule has 1 aliphatic heterocycles. The zero-order valence-electron chi connectivity index (χ0n) is 16.2. The van der Waals surface area contributed by atoms with Crippen molar-refractivity contribution < 1.29 is 37.3 Å². The molecule has 8 heteroatoms. The third kappa shape index (κ3) is 6.08. The lowest BCUT2D eigenvalue weighted by atomic mass is 9.80. The SMILES string of the molecule is C=CCOC(=O)C1=C[C@H](c2ccc(C(F)(F)F)cc2)[C@H](CCCO)[C@H](OCC)O1. The summed E-state index contributed by atoms with van der Waals surface area (Å²) in [5.41, 5.74) is -0.167. The monoisotopic (exact) mass is 414 g/mol. The van der Waals surface area contributed by atoms with Crippen molar-refractivity contribution in [3.05, 3.63) is 59.9 Å². The van der Waals surface area contributed by atoms with E-state index in [4.69, 9.17) is 14.2 Å². The number of benzene rings is 1. The van der Waals surface area contributed by atoms with Crippen molar-refractivity contribution in [2.75, 3.05) is 19.8 Å². The largest absolute Gasteiger partial charge is 0.457 e. The zero-order valence-corrected chi connectivity index (χ0v) is 16.2. The Bertz CT molecular complexity index is 712. The van der Waals surface area contributed by atoms with E-state index < -0.39 is 29.9 Å². The van der Waals surface area contributed by atoms with Crippen LogP contribution in [0.4, 0.5) is 13.2 Å². The van der Waals surface area contributed by atoms with Crippen molar-refractivity contribution >= 4 is 5.97 Å². The van der Waals surface area contributed by atoms with E-state index in [1.165, 1.54) is 18.2 Å². The molecule has 0 fully saturated rings. The number of hydrogen-bond acceptors (Lipinski definition) is 5. The van der Waals surface area contributed by atoms with Gasteiger partial charge in [-0.05, 0) is 43.5 Å². The standard InChI is InChI=1S/C21H25F3O5/c1-3-12-28-19(26)18-13-17(14-7-9-15(10-8-14)21(22,23)24)16(6-5-11-25)20(29-18)27-4-2/h3,7-10,13,16-17,20,25H,1,4-6,11-12H2,2H3/t16-,17+,20+/m0/s1. The van der Waals surface area contributed by atoms with Crippen LogP contribution >= 0.6 is 0 Å². The summed E-state index contributed by atoms with van der Waals surface area (Å²) >= 11 is 0. The number of rotatable bonds is 9. The number of halogens is 3. The van der Waals surface area contributed by atoms with Gasteiger partial charge in [0.1, 0.15) is 6.61 Å². The molecule has 1 N–H and O–H groups in total. The molecule has 0 spiro atoms. The Kier molecular flexibility index (Phi) is 8.28. The van der Waals surface area contributed by atoms with Gasteiger partial charge in [-0.25, -0.2) is 4.79 Å². The number of carbonyl (C=O) groups excluding carboxylic acids is 1. The second-order valence-electron chi connectivity index (χ2n) is 6.53. The molecular formula is C21H25F3O5. The van der Waals surface area contributed by atoms with E-state index in [0.717, 1.165) is 12.1 Å². The van der Waals surface area contributed by atoms with E-state index in [1.807, 2.05) is 0 Å². The number of carbonyl (C=O) groups is 1. The Hall–Kier alpha value is -2.32. The van der Waals surface area contributed by atoms with Crippen molar-refractivity contribution in [2.24, 2.45) is 5.92 Å². The van der Waals surface area contributed by atoms with Crippen LogP contribution in [0.15, 0.2) is 48.8 Å². The minimum Gasteiger partial charge on any atom is -0.457 e. The van der Waals surface area contributed by atoms with Gasteiger partial charge in [0.15, 0.2) is 0 Å². The number of hydrogen-bond donors (Lipinski definition) is 1. The molecule has 2 rings (SSSR count). The molecule has 0 radical (unpaired) electrons. The number of esters is 1. The van der Waals surface area contributed by atoms with Crippen LogP contribution in [0.3, 0.4) is 0 Å². The Labute approximate surface area is 167 Å². The molecule has 0 unspecified atom stereocenters. The lowest BCUT2D eigenvalue weighted by Crippen LogP contribution is -2.36. The van der Waals surface area contributed by atoms with Gasteiger partial charge < -0.3 is 19.3 Å². The lowest BCUT2D eigenvalue weighted by molar-refractivity contribution is -0.175. The highest BCUT2D eigenvalue weighted by Gasteiger charge is 2.38. The molecule has 1 aromatic rings. The lowest BCUT2D eigenvalue weighted by Gasteiger charge is -2.36. The highest BCUT2D eigenvalue weighted by atomic mass is 19.4. The topological polar surface area (TPSA) is 65.0 Å². The van der Waals surface area contributed by atoms with E-state index in [9.17, 15) is 23.1 Å². The van der Waals surface area contributed by atoms with Crippen LogP contribution in [-0.2, 0) is 25.2 Å². The molecule has 5 nitrogen and oxygen atoms in total. The average molecular weight is 414 g/mol. The van der Waals surface area contributed by atoms with Crippen LogP contribution in [-0.4, -0.2) is 37.2 Å². The Balaban J connectivity index is 2.41. The number of alkyl halides is 3. The average Bonchev–Trinajstić information content (AvgIpc) is 2.70. The summed E-state index contributed by atoms with van der Waals surface area (Å²) in [5.74, 6) is -1.50. The summed E-state index contributed by atoms with van der Waals surface area (Å²) in [6.45, 7) is 5.52. The molecule has 0 saturated heterocycles. The molecule has 1 aromatic carbocycles. The maximum Gasteiger partial charge on any atom is 0.416 e. The predicted octanol–water partition coefficient (Wildman–Crippen LogP) is 4.18. The van der Waals surface area contributed by atoms with Crippen LogP contribution in [0.25, 0.3) is 0 Å². The van der Waals surface area contributed by atoms with Crippen LogP contribution in [0.1, 0.15) is 36.8 Å². The van der Waals surface area contributed by atoms with Crippen molar-refractivity contribution in [1.29, 1.82) is 0 Å². The Morgan fingerprint density at radius 2 is 2.00 bits per heavy atom. The van der Waals surface area contributed by atoms with Gasteiger partial charge in [0, 0.05) is 25.0 Å². The molecule has 29 heavy (non-hydrogen) atoms. The smallest absolute Gasteiger partial charge is 0.416 e. The third-order valence-corrected chi connectivity index (χ3v) is 4.57. The van der Waals surface area contributed by atoms with E-state index in [2.05, 4.69) is 6.58 Å². The first kappa shape index (κ1) is 23.0. The van der Waals surface area contributed by atoms with Crippen LogP contribution < -0.4 is 0 Å². The van der Waals surface area contributed by atoms with E-state index in [0.29, 0.717) is 25.0 Å². The third-order valence-electron chi connectivity index (χ3n) is 4.57. The van der Waals surface area contributed by atoms with Gasteiger partial charge in [0.25, 0.3) is 0 Å². The van der Waals surface area contributed by atoms with Crippen molar-refractivity contribution in [2.45, 2.75) is 38.1 Å². The summed E-state index contributed by atoms with van der Waals surface area (Å²) in [5, 5.41) is 9.23. The normalized spacial score (nSPS) is 21.8. The van der Waals surface area contributed by atoms with Gasteiger partial charge in [-0.2, -0.15) is 13.2 Å².